The van der Waals surface area contributed by atoms with E-state index in [1.165, 1.54) is 0 Å². The number of amides is 1. The van der Waals surface area contributed by atoms with E-state index in [1.54, 1.807) is 0 Å². The molecule has 1 amide bonds. The number of hydrogen-bond donors (Lipinski definition) is 1. The topological polar surface area (TPSA) is 29.1 Å². The molecule has 1 fully saturated rings. The summed E-state index contributed by atoms with van der Waals surface area (Å²) in [6.45, 7) is 5.73. The van der Waals surface area contributed by atoms with Crippen LogP contribution >= 0.6 is 11.6 Å². The molecule has 1 aliphatic heterocycles. The maximum atomic E-state index is 12.2. The molecule has 1 aromatic carbocycles. The summed E-state index contributed by atoms with van der Waals surface area (Å²) in [5, 5.41) is 3.82. The molecule has 2 unspecified atom stereocenters. The van der Waals surface area contributed by atoms with Crippen molar-refractivity contribution in [3.63, 3.8) is 0 Å². The Morgan fingerprint density at radius 1 is 1.50 bits per heavy atom. The van der Waals surface area contributed by atoms with E-state index in [1.807, 2.05) is 37.3 Å². The predicted molar refractivity (Wildman–Crippen MR) is 74.5 cm³/mol. The number of halogens is 1. The van der Waals surface area contributed by atoms with E-state index in [2.05, 4.69) is 11.9 Å². The predicted octanol–water partition coefficient (Wildman–Crippen LogP) is 3.87. The van der Waals surface area contributed by atoms with Crippen molar-refractivity contribution >= 4 is 17.5 Å². The van der Waals surface area contributed by atoms with Crippen LogP contribution in [0.3, 0.4) is 0 Å². The second kappa shape index (κ2) is 5.15. The van der Waals surface area contributed by atoms with Gasteiger partial charge in [0.05, 0.1) is 6.04 Å². The molecule has 1 saturated heterocycles. The van der Waals surface area contributed by atoms with Crippen LogP contribution in [0, 0.1) is 5.41 Å². The van der Waals surface area contributed by atoms with Crippen molar-refractivity contribution in [1.29, 1.82) is 0 Å². The SMILES string of the molecule is C=CCC1(C)CCC(c2ccc(Cl)cc2)NC1=O. The van der Waals surface area contributed by atoms with Crippen LogP contribution in [0.2, 0.25) is 5.02 Å². The van der Waals surface area contributed by atoms with Crippen LogP contribution in [-0.4, -0.2) is 5.91 Å². The van der Waals surface area contributed by atoms with Gasteiger partial charge in [0.25, 0.3) is 0 Å². The Morgan fingerprint density at radius 2 is 2.17 bits per heavy atom. The quantitative estimate of drug-likeness (QED) is 0.824. The first-order valence-electron chi connectivity index (χ1n) is 6.22. The van der Waals surface area contributed by atoms with Gasteiger partial charge in [0.15, 0.2) is 0 Å². The van der Waals surface area contributed by atoms with Crippen LogP contribution in [0.4, 0.5) is 0 Å². The minimum Gasteiger partial charge on any atom is -0.349 e. The van der Waals surface area contributed by atoms with Gasteiger partial charge in [-0.1, -0.05) is 36.7 Å². The normalized spacial score (nSPS) is 27.7. The van der Waals surface area contributed by atoms with E-state index >= 15 is 0 Å². The van der Waals surface area contributed by atoms with E-state index in [4.69, 9.17) is 11.6 Å². The fourth-order valence-corrected chi connectivity index (χ4v) is 2.57. The summed E-state index contributed by atoms with van der Waals surface area (Å²) in [5.41, 5.74) is 0.818. The molecule has 18 heavy (non-hydrogen) atoms. The lowest BCUT2D eigenvalue weighted by atomic mass is 9.76. The van der Waals surface area contributed by atoms with Crippen molar-refractivity contribution < 1.29 is 4.79 Å². The second-order valence-corrected chi connectivity index (χ2v) is 5.61. The van der Waals surface area contributed by atoms with Gasteiger partial charge < -0.3 is 5.32 Å². The van der Waals surface area contributed by atoms with Gasteiger partial charge in [-0.3, -0.25) is 4.79 Å². The molecule has 0 bridgehead atoms. The number of rotatable bonds is 3. The summed E-state index contributed by atoms with van der Waals surface area (Å²) in [5.74, 6) is 0.119. The van der Waals surface area contributed by atoms with Crippen LogP contribution in [0.5, 0.6) is 0 Å². The third kappa shape index (κ3) is 2.59. The molecule has 0 spiro atoms. The summed E-state index contributed by atoms with van der Waals surface area (Å²) in [4.78, 5) is 12.2. The highest BCUT2D eigenvalue weighted by Crippen LogP contribution is 2.37. The van der Waals surface area contributed by atoms with Crippen molar-refractivity contribution in [2.24, 2.45) is 5.41 Å². The van der Waals surface area contributed by atoms with E-state index in [-0.39, 0.29) is 17.4 Å². The maximum absolute atomic E-state index is 12.2. The Balaban J connectivity index is 2.10. The lowest BCUT2D eigenvalue weighted by Crippen LogP contribution is -2.45. The third-order valence-electron chi connectivity index (χ3n) is 3.71. The molecular weight excluding hydrogens is 246 g/mol. The summed E-state index contributed by atoms with van der Waals surface area (Å²) < 4.78 is 0. The zero-order chi connectivity index (χ0) is 13.2. The number of carbonyl (C=O) groups is 1. The van der Waals surface area contributed by atoms with Gasteiger partial charge in [-0.15, -0.1) is 6.58 Å². The Labute approximate surface area is 113 Å². The third-order valence-corrected chi connectivity index (χ3v) is 3.96. The van der Waals surface area contributed by atoms with Gasteiger partial charge in [-0.05, 0) is 37.0 Å². The van der Waals surface area contributed by atoms with E-state index in [0.717, 1.165) is 29.8 Å². The van der Waals surface area contributed by atoms with Crippen molar-refractivity contribution in [1.82, 2.24) is 5.32 Å². The number of nitrogens with one attached hydrogen (secondary N) is 1. The summed E-state index contributed by atoms with van der Waals surface area (Å²) >= 11 is 5.87. The van der Waals surface area contributed by atoms with Crippen LogP contribution in [0.15, 0.2) is 36.9 Å². The zero-order valence-corrected chi connectivity index (χ0v) is 11.3. The van der Waals surface area contributed by atoms with Crippen LogP contribution in [0.25, 0.3) is 0 Å². The molecule has 2 atom stereocenters. The highest BCUT2D eigenvalue weighted by Gasteiger charge is 2.37. The molecule has 96 valence electrons. The zero-order valence-electron chi connectivity index (χ0n) is 10.6. The van der Waals surface area contributed by atoms with E-state index < -0.39 is 0 Å². The summed E-state index contributed by atoms with van der Waals surface area (Å²) in [6.07, 6.45) is 4.39. The standard InChI is InChI=1S/C15H18ClNO/c1-3-9-15(2)10-8-13(17-14(15)18)11-4-6-12(16)7-5-11/h3-7,13H,1,8-10H2,2H3,(H,17,18). The highest BCUT2D eigenvalue weighted by atomic mass is 35.5. The lowest BCUT2D eigenvalue weighted by molar-refractivity contribution is -0.133. The Kier molecular flexibility index (Phi) is 3.76. The van der Waals surface area contributed by atoms with Crippen molar-refractivity contribution in [2.45, 2.75) is 32.2 Å². The molecule has 1 N–H and O–H groups in total. The largest absolute Gasteiger partial charge is 0.349 e. The van der Waals surface area contributed by atoms with E-state index in [9.17, 15) is 4.79 Å². The molecule has 1 aromatic rings. The van der Waals surface area contributed by atoms with Crippen molar-refractivity contribution in [3.8, 4) is 0 Å². The van der Waals surface area contributed by atoms with E-state index in [0.29, 0.717) is 0 Å². The molecule has 0 aliphatic carbocycles. The first-order valence-corrected chi connectivity index (χ1v) is 6.60. The lowest BCUT2D eigenvalue weighted by Gasteiger charge is -2.36. The van der Waals surface area contributed by atoms with Crippen LogP contribution < -0.4 is 5.32 Å². The first-order chi connectivity index (χ1) is 8.55. The number of allylic oxidation sites excluding steroid dienone is 1. The fourth-order valence-electron chi connectivity index (χ4n) is 2.44. The van der Waals surface area contributed by atoms with Crippen LogP contribution in [-0.2, 0) is 4.79 Å². The average Bonchev–Trinajstić information content (AvgIpc) is 2.34. The van der Waals surface area contributed by atoms with Crippen molar-refractivity contribution in [2.75, 3.05) is 0 Å². The van der Waals surface area contributed by atoms with Crippen LogP contribution in [0.1, 0.15) is 37.8 Å². The molecule has 2 rings (SSSR count). The molecular formula is C15H18ClNO. The number of carbonyl (C=O) groups excluding carboxylic acids is 1. The monoisotopic (exact) mass is 263 g/mol. The number of piperidine rings is 1. The Morgan fingerprint density at radius 3 is 2.72 bits per heavy atom. The fraction of sp³-hybridized carbons (Fsp3) is 0.400. The minimum absolute atomic E-state index is 0.104. The maximum Gasteiger partial charge on any atom is 0.226 e. The molecule has 3 heteroatoms. The smallest absolute Gasteiger partial charge is 0.226 e. The number of benzene rings is 1. The highest BCUT2D eigenvalue weighted by molar-refractivity contribution is 6.30. The first kappa shape index (κ1) is 13.2. The number of hydrogen-bond acceptors (Lipinski definition) is 1. The Hall–Kier alpha value is -1.28. The summed E-state index contributed by atoms with van der Waals surface area (Å²) in [7, 11) is 0. The van der Waals surface area contributed by atoms with Crippen molar-refractivity contribution in [3.05, 3.63) is 47.5 Å². The van der Waals surface area contributed by atoms with Gasteiger partial charge in [-0.25, -0.2) is 0 Å². The van der Waals surface area contributed by atoms with Gasteiger partial charge in [0.2, 0.25) is 5.91 Å². The molecule has 1 aliphatic rings. The van der Waals surface area contributed by atoms with Gasteiger partial charge in [0, 0.05) is 10.4 Å². The Bertz CT molecular complexity index is 454. The molecule has 0 saturated carbocycles. The van der Waals surface area contributed by atoms with Gasteiger partial charge in [0.1, 0.15) is 0 Å². The van der Waals surface area contributed by atoms with Gasteiger partial charge >= 0.3 is 0 Å². The molecule has 1 heterocycles. The minimum atomic E-state index is -0.301. The molecule has 0 radical (unpaired) electrons. The molecule has 0 aromatic heterocycles. The van der Waals surface area contributed by atoms with Gasteiger partial charge in [-0.2, -0.15) is 0 Å². The second-order valence-electron chi connectivity index (χ2n) is 5.17. The summed E-state index contributed by atoms with van der Waals surface area (Å²) in [6, 6.07) is 7.78. The average molecular weight is 264 g/mol. The molecule has 2 nitrogen and oxygen atoms in total.